The highest BCUT2D eigenvalue weighted by Crippen LogP contribution is 2.39. The standard InChI is InChI=1S/C20H21NO3S2/c1-3-25-20(22)18-13-14-21(19(18)16-7-5-4-6-8-16)26(23,24)17-11-9-15(2)10-12-17/h4-13,19H,3,14H2,1-2H3/t19-/m1/s1. The van der Waals surface area contributed by atoms with Gasteiger partial charge in [0.05, 0.1) is 10.9 Å². The van der Waals surface area contributed by atoms with Gasteiger partial charge in [0.25, 0.3) is 0 Å². The summed E-state index contributed by atoms with van der Waals surface area (Å²) >= 11 is 1.21. The molecule has 6 heteroatoms. The molecule has 0 bridgehead atoms. The summed E-state index contributed by atoms with van der Waals surface area (Å²) in [5.74, 6) is 0.655. The first-order chi connectivity index (χ1) is 12.4. The van der Waals surface area contributed by atoms with E-state index in [1.807, 2.05) is 44.2 Å². The second-order valence-electron chi connectivity index (χ2n) is 6.08. The first kappa shape index (κ1) is 18.9. The molecule has 1 aliphatic rings. The zero-order valence-corrected chi connectivity index (χ0v) is 16.4. The van der Waals surface area contributed by atoms with E-state index in [1.165, 1.54) is 16.1 Å². The van der Waals surface area contributed by atoms with Crippen molar-refractivity contribution in [3.8, 4) is 0 Å². The highest BCUT2D eigenvalue weighted by atomic mass is 32.2. The van der Waals surface area contributed by atoms with Gasteiger partial charge in [0, 0.05) is 12.1 Å². The van der Waals surface area contributed by atoms with Gasteiger partial charge in [-0.2, -0.15) is 4.31 Å². The summed E-state index contributed by atoms with van der Waals surface area (Å²) < 4.78 is 27.9. The maximum atomic E-state index is 13.2. The summed E-state index contributed by atoms with van der Waals surface area (Å²) in [6, 6.07) is 15.5. The van der Waals surface area contributed by atoms with Gasteiger partial charge in [-0.05, 0) is 30.4 Å². The van der Waals surface area contributed by atoms with Crippen LogP contribution in [-0.4, -0.2) is 30.1 Å². The van der Waals surface area contributed by atoms with E-state index in [1.54, 1.807) is 30.3 Å². The minimum atomic E-state index is -3.71. The van der Waals surface area contributed by atoms with Crippen LogP contribution in [-0.2, 0) is 14.8 Å². The van der Waals surface area contributed by atoms with Gasteiger partial charge in [-0.15, -0.1) is 0 Å². The molecule has 0 aliphatic carbocycles. The molecule has 4 nitrogen and oxygen atoms in total. The Hall–Kier alpha value is -1.89. The molecule has 0 saturated heterocycles. The molecule has 2 aromatic rings. The van der Waals surface area contributed by atoms with Crippen molar-refractivity contribution in [1.29, 1.82) is 0 Å². The zero-order chi connectivity index (χ0) is 18.7. The van der Waals surface area contributed by atoms with Crippen LogP contribution in [0.5, 0.6) is 0 Å². The molecule has 0 unspecified atom stereocenters. The third-order valence-electron chi connectivity index (χ3n) is 4.33. The van der Waals surface area contributed by atoms with E-state index in [9.17, 15) is 13.2 Å². The van der Waals surface area contributed by atoms with Gasteiger partial charge in [0.15, 0.2) is 0 Å². The molecule has 0 aromatic heterocycles. The largest absolute Gasteiger partial charge is 0.282 e. The predicted molar refractivity (Wildman–Crippen MR) is 105 cm³/mol. The number of hydrogen-bond donors (Lipinski definition) is 0. The van der Waals surface area contributed by atoms with E-state index in [4.69, 9.17) is 0 Å². The molecule has 136 valence electrons. The third kappa shape index (κ3) is 3.63. The van der Waals surface area contributed by atoms with Crippen molar-refractivity contribution in [2.24, 2.45) is 0 Å². The number of thioether (sulfide) groups is 1. The lowest BCUT2D eigenvalue weighted by molar-refractivity contribution is -0.108. The number of carbonyl (C=O) groups is 1. The number of rotatable bonds is 5. The normalized spacial score (nSPS) is 17.9. The van der Waals surface area contributed by atoms with Crippen LogP contribution in [0, 0.1) is 6.92 Å². The second-order valence-corrected chi connectivity index (χ2v) is 9.21. The van der Waals surface area contributed by atoms with E-state index in [0.717, 1.165) is 11.1 Å². The number of sulfonamides is 1. The summed E-state index contributed by atoms with van der Waals surface area (Å²) in [5, 5.41) is -0.0667. The van der Waals surface area contributed by atoms with Crippen LogP contribution in [0.15, 0.2) is 71.1 Å². The van der Waals surface area contributed by atoms with E-state index >= 15 is 0 Å². The Morgan fingerprint density at radius 3 is 2.38 bits per heavy atom. The molecule has 0 radical (unpaired) electrons. The fraction of sp³-hybridized carbons (Fsp3) is 0.250. The molecule has 0 fully saturated rings. The Bertz CT molecular complexity index is 919. The summed E-state index contributed by atoms with van der Waals surface area (Å²) in [7, 11) is -3.71. The Kier molecular flexibility index (Phi) is 5.65. The molecule has 0 N–H and O–H groups in total. The van der Waals surface area contributed by atoms with E-state index in [-0.39, 0.29) is 16.6 Å². The smallest absolute Gasteiger partial charge is 0.244 e. The molecule has 1 heterocycles. The lowest BCUT2D eigenvalue weighted by Crippen LogP contribution is -2.33. The topological polar surface area (TPSA) is 54.5 Å². The zero-order valence-electron chi connectivity index (χ0n) is 14.8. The van der Waals surface area contributed by atoms with Crippen molar-refractivity contribution in [3.05, 3.63) is 77.4 Å². The SMILES string of the molecule is CCSC(=O)C1=CCN(S(=O)(=O)c2ccc(C)cc2)[C@@H]1c1ccccc1. The van der Waals surface area contributed by atoms with Crippen LogP contribution in [0.25, 0.3) is 0 Å². The number of carbonyl (C=O) groups excluding carboxylic acids is 1. The molecule has 0 spiro atoms. The van der Waals surface area contributed by atoms with E-state index in [0.29, 0.717) is 11.3 Å². The Morgan fingerprint density at radius 2 is 1.77 bits per heavy atom. The molecular weight excluding hydrogens is 366 g/mol. The Balaban J connectivity index is 2.03. The lowest BCUT2D eigenvalue weighted by Gasteiger charge is -2.26. The average molecular weight is 388 g/mol. The van der Waals surface area contributed by atoms with Gasteiger partial charge in [-0.3, -0.25) is 4.79 Å². The van der Waals surface area contributed by atoms with Gasteiger partial charge in [0.2, 0.25) is 15.1 Å². The van der Waals surface area contributed by atoms with Crippen molar-refractivity contribution < 1.29 is 13.2 Å². The molecule has 0 amide bonds. The first-order valence-corrected chi connectivity index (χ1v) is 10.9. The quantitative estimate of drug-likeness (QED) is 0.780. The van der Waals surface area contributed by atoms with Gasteiger partial charge < -0.3 is 0 Å². The van der Waals surface area contributed by atoms with Crippen molar-refractivity contribution in [2.75, 3.05) is 12.3 Å². The molecule has 3 rings (SSSR count). The molecule has 26 heavy (non-hydrogen) atoms. The van der Waals surface area contributed by atoms with Crippen LogP contribution < -0.4 is 0 Å². The van der Waals surface area contributed by atoms with Gasteiger partial charge in [-0.1, -0.05) is 72.8 Å². The molecule has 1 atom stereocenters. The first-order valence-electron chi connectivity index (χ1n) is 8.45. The fourth-order valence-electron chi connectivity index (χ4n) is 3.03. The van der Waals surface area contributed by atoms with E-state index < -0.39 is 16.1 Å². The number of nitrogens with zero attached hydrogens (tertiary/aromatic N) is 1. The summed E-state index contributed by atoms with van der Waals surface area (Å²) in [4.78, 5) is 12.8. The second kappa shape index (κ2) is 7.78. The maximum absolute atomic E-state index is 13.2. The average Bonchev–Trinajstić information content (AvgIpc) is 3.09. The van der Waals surface area contributed by atoms with Crippen molar-refractivity contribution >= 4 is 26.9 Å². The van der Waals surface area contributed by atoms with Crippen molar-refractivity contribution in [3.63, 3.8) is 0 Å². The van der Waals surface area contributed by atoms with Crippen molar-refractivity contribution in [2.45, 2.75) is 24.8 Å². The third-order valence-corrected chi connectivity index (χ3v) is 6.96. The maximum Gasteiger partial charge on any atom is 0.244 e. The molecule has 2 aromatic carbocycles. The number of benzene rings is 2. The van der Waals surface area contributed by atoms with Crippen LogP contribution in [0.2, 0.25) is 0 Å². The minimum absolute atomic E-state index is 0.0667. The van der Waals surface area contributed by atoms with Crippen LogP contribution in [0.4, 0.5) is 0 Å². The monoisotopic (exact) mass is 387 g/mol. The molecule has 0 saturated carbocycles. The van der Waals surface area contributed by atoms with Crippen LogP contribution in [0.3, 0.4) is 0 Å². The fourth-order valence-corrected chi connectivity index (χ4v) is 5.19. The summed E-state index contributed by atoms with van der Waals surface area (Å²) in [6.07, 6.45) is 1.74. The Labute approximate surface area is 159 Å². The van der Waals surface area contributed by atoms with Crippen molar-refractivity contribution in [1.82, 2.24) is 4.31 Å². The van der Waals surface area contributed by atoms with E-state index in [2.05, 4.69) is 0 Å². The van der Waals surface area contributed by atoms with Gasteiger partial charge in [0.1, 0.15) is 0 Å². The summed E-state index contributed by atoms with van der Waals surface area (Å²) in [6.45, 7) is 4.02. The highest BCUT2D eigenvalue weighted by Gasteiger charge is 2.40. The number of aryl methyl sites for hydroxylation is 1. The number of hydrogen-bond acceptors (Lipinski definition) is 4. The van der Waals surface area contributed by atoms with Gasteiger partial charge in [-0.25, -0.2) is 8.42 Å². The highest BCUT2D eigenvalue weighted by molar-refractivity contribution is 8.14. The van der Waals surface area contributed by atoms with Gasteiger partial charge >= 0.3 is 0 Å². The lowest BCUT2D eigenvalue weighted by atomic mass is 10.0. The molecule has 1 aliphatic heterocycles. The minimum Gasteiger partial charge on any atom is -0.282 e. The summed E-state index contributed by atoms with van der Waals surface area (Å²) in [5.41, 5.74) is 2.34. The Morgan fingerprint density at radius 1 is 1.12 bits per heavy atom. The van der Waals surface area contributed by atoms with Crippen LogP contribution in [0.1, 0.15) is 24.1 Å². The molecular formula is C20H21NO3S2. The predicted octanol–water partition coefficient (Wildman–Crippen LogP) is 3.95. The van der Waals surface area contributed by atoms with Crippen LogP contribution >= 0.6 is 11.8 Å².